The molecular formula is C21H15BrN2O3. The van der Waals surface area contributed by atoms with Crippen molar-refractivity contribution in [2.24, 2.45) is 5.10 Å². The van der Waals surface area contributed by atoms with Gasteiger partial charge in [0.05, 0.1) is 16.3 Å². The number of benzene rings is 3. The summed E-state index contributed by atoms with van der Waals surface area (Å²) in [6.45, 7) is 0.178. The molecule has 6 heteroatoms. The number of terminal acetylenes is 1. The van der Waals surface area contributed by atoms with Gasteiger partial charge in [0, 0.05) is 0 Å². The van der Waals surface area contributed by atoms with Crippen LogP contribution >= 0.6 is 15.9 Å². The molecule has 0 fully saturated rings. The number of carbonyl (C=O) groups excluding carboxylic acids is 1. The van der Waals surface area contributed by atoms with Crippen molar-refractivity contribution in [1.29, 1.82) is 0 Å². The van der Waals surface area contributed by atoms with Gasteiger partial charge in [0.15, 0.2) is 0 Å². The van der Waals surface area contributed by atoms with E-state index in [9.17, 15) is 9.90 Å². The highest BCUT2D eigenvalue weighted by molar-refractivity contribution is 9.10. The van der Waals surface area contributed by atoms with Crippen molar-refractivity contribution in [3.05, 3.63) is 70.2 Å². The van der Waals surface area contributed by atoms with Crippen molar-refractivity contribution < 1.29 is 14.6 Å². The Hall–Kier alpha value is -3.30. The maximum Gasteiger partial charge on any atom is 0.275 e. The summed E-state index contributed by atoms with van der Waals surface area (Å²) in [5, 5.41) is 15.7. The number of phenolic OH excluding ortho intramolecular Hbond substituents is 1. The van der Waals surface area contributed by atoms with Gasteiger partial charge >= 0.3 is 0 Å². The summed E-state index contributed by atoms with van der Waals surface area (Å²) in [5.41, 5.74) is 3.32. The molecule has 0 bridgehead atoms. The van der Waals surface area contributed by atoms with Crippen LogP contribution in [0.15, 0.2) is 64.2 Å². The van der Waals surface area contributed by atoms with Crippen LogP contribution in [0.4, 0.5) is 0 Å². The number of hydrazone groups is 1. The number of carbonyl (C=O) groups is 1. The van der Waals surface area contributed by atoms with Crippen molar-refractivity contribution in [1.82, 2.24) is 5.43 Å². The second-order valence-electron chi connectivity index (χ2n) is 5.60. The fraction of sp³-hybridized carbons (Fsp3) is 0.0476. The van der Waals surface area contributed by atoms with Gasteiger partial charge in [0.2, 0.25) is 0 Å². The number of ether oxygens (including phenoxy) is 1. The number of fused-ring (bicyclic) bond motifs is 1. The van der Waals surface area contributed by atoms with Gasteiger partial charge in [0.25, 0.3) is 5.91 Å². The first-order chi connectivity index (χ1) is 13.1. The molecule has 0 aliphatic carbocycles. The molecule has 2 N–H and O–H groups in total. The molecule has 27 heavy (non-hydrogen) atoms. The minimum atomic E-state index is -0.498. The molecule has 0 heterocycles. The fourth-order valence-electron chi connectivity index (χ4n) is 2.47. The summed E-state index contributed by atoms with van der Waals surface area (Å²) in [5.74, 6) is 2.42. The number of hydrogen-bond acceptors (Lipinski definition) is 4. The van der Waals surface area contributed by atoms with Gasteiger partial charge in [-0.3, -0.25) is 4.79 Å². The topological polar surface area (TPSA) is 70.9 Å². The average Bonchev–Trinajstić information content (AvgIpc) is 2.66. The number of aromatic hydroxyl groups is 1. The lowest BCUT2D eigenvalue weighted by Gasteiger charge is -2.06. The van der Waals surface area contributed by atoms with Crippen molar-refractivity contribution >= 4 is 38.8 Å². The van der Waals surface area contributed by atoms with E-state index in [-0.39, 0.29) is 17.9 Å². The smallest absolute Gasteiger partial charge is 0.275 e. The molecule has 3 rings (SSSR count). The zero-order valence-corrected chi connectivity index (χ0v) is 15.7. The van der Waals surface area contributed by atoms with E-state index in [0.29, 0.717) is 5.75 Å². The Morgan fingerprint density at radius 2 is 1.96 bits per heavy atom. The summed E-state index contributed by atoms with van der Waals surface area (Å²) in [6.07, 6.45) is 6.66. The van der Waals surface area contributed by atoms with Gasteiger partial charge in [-0.25, -0.2) is 5.43 Å². The largest absolute Gasteiger partial charge is 0.507 e. The fourth-order valence-corrected chi connectivity index (χ4v) is 2.98. The lowest BCUT2D eigenvalue weighted by atomic mass is 10.1. The molecule has 0 unspecified atom stereocenters. The predicted octanol–water partition coefficient (Wildman–Crippen LogP) is 4.08. The van der Waals surface area contributed by atoms with Crippen LogP contribution in [0.1, 0.15) is 15.9 Å². The number of halogens is 1. The molecule has 0 aliphatic heterocycles. The first-order valence-electron chi connectivity index (χ1n) is 7.99. The molecule has 1 amide bonds. The molecule has 3 aromatic carbocycles. The summed E-state index contributed by atoms with van der Waals surface area (Å²) >= 11 is 3.39. The monoisotopic (exact) mass is 422 g/mol. The minimum Gasteiger partial charge on any atom is -0.507 e. The van der Waals surface area contributed by atoms with E-state index in [2.05, 4.69) is 32.4 Å². The van der Waals surface area contributed by atoms with Gasteiger partial charge in [-0.2, -0.15) is 5.10 Å². The first kappa shape index (κ1) is 18.5. The summed E-state index contributed by atoms with van der Waals surface area (Å²) in [7, 11) is 0. The Balaban J connectivity index is 1.71. The molecule has 5 nitrogen and oxygen atoms in total. The van der Waals surface area contributed by atoms with Crippen LogP contribution in [0.25, 0.3) is 10.8 Å². The highest BCUT2D eigenvalue weighted by Gasteiger charge is 2.11. The summed E-state index contributed by atoms with van der Waals surface area (Å²) in [4.78, 5) is 12.3. The van der Waals surface area contributed by atoms with Gasteiger partial charge in [0.1, 0.15) is 18.1 Å². The Labute approximate surface area is 164 Å². The van der Waals surface area contributed by atoms with Crippen LogP contribution in [-0.4, -0.2) is 23.8 Å². The Morgan fingerprint density at radius 3 is 2.67 bits per heavy atom. The highest BCUT2D eigenvalue weighted by atomic mass is 79.9. The molecule has 134 valence electrons. The average molecular weight is 423 g/mol. The van der Waals surface area contributed by atoms with Crippen LogP contribution in [-0.2, 0) is 0 Å². The molecule has 0 aliphatic rings. The Morgan fingerprint density at radius 1 is 1.22 bits per heavy atom. The van der Waals surface area contributed by atoms with E-state index in [4.69, 9.17) is 11.2 Å². The summed E-state index contributed by atoms with van der Waals surface area (Å²) < 4.78 is 6.09. The lowest BCUT2D eigenvalue weighted by Crippen LogP contribution is -2.17. The number of phenols is 1. The lowest BCUT2D eigenvalue weighted by molar-refractivity contribution is 0.0952. The third-order valence-electron chi connectivity index (χ3n) is 3.76. The number of nitrogens with zero attached hydrogens (tertiary/aromatic N) is 1. The second kappa shape index (κ2) is 8.39. The number of hydrogen-bond donors (Lipinski definition) is 2. The van der Waals surface area contributed by atoms with Crippen LogP contribution in [0, 0.1) is 12.3 Å². The van der Waals surface area contributed by atoms with Gasteiger partial charge in [-0.1, -0.05) is 30.2 Å². The molecule has 0 aromatic heterocycles. The number of amides is 1. The number of rotatable bonds is 5. The normalized spacial score (nSPS) is 10.7. The summed E-state index contributed by atoms with van der Waals surface area (Å²) in [6, 6.07) is 16.0. The third kappa shape index (κ3) is 4.46. The van der Waals surface area contributed by atoms with Crippen molar-refractivity contribution in [2.45, 2.75) is 0 Å². The highest BCUT2D eigenvalue weighted by Crippen LogP contribution is 2.26. The van der Waals surface area contributed by atoms with E-state index in [1.54, 1.807) is 30.3 Å². The third-order valence-corrected chi connectivity index (χ3v) is 4.38. The predicted molar refractivity (Wildman–Crippen MR) is 109 cm³/mol. The van der Waals surface area contributed by atoms with Gasteiger partial charge in [-0.15, -0.1) is 6.42 Å². The molecule has 0 radical (unpaired) electrons. The molecule has 0 saturated heterocycles. The van der Waals surface area contributed by atoms with Crippen LogP contribution in [0.5, 0.6) is 11.5 Å². The second-order valence-corrected chi connectivity index (χ2v) is 6.45. The van der Waals surface area contributed by atoms with Crippen LogP contribution in [0.2, 0.25) is 0 Å². The zero-order chi connectivity index (χ0) is 19.2. The van der Waals surface area contributed by atoms with E-state index in [1.165, 1.54) is 6.21 Å². The zero-order valence-electron chi connectivity index (χ0n) is 14.1. The maximum atomic E-state index is 12.3. The van der Waals surface area contributed by atoms with Gasteiger partial charge in [-0.05, 0) is 62.6 Å². The Bertz CT molecular complexity index is 1070. The number of nitrogens with one attached hydrogen (secondary N) is 1. The van der Waals surface area contributed by atoms with E-state index in [0.717, 1.165) is 20.8 Å². The molecule has 0 spiro atoms. The SMILES string of the molecule is C#CCOc1ccc(C=NNC(=O)c2cc3ccccc3cc2O)cc1Br. The first-order valence-corrected chi connectivity index (χ1v) is 8.79. The van der Waals surface area contributed by atoms with Crippen molar-refractivity contribution in [3.63, 3.8) is 0 Å². The molecule has 0 saturated carbocycles. The Kier molecular flexibility index (Phi) is 5.74. The molecular weight excluding hydrogens is 408 g/mol. The maximum absolute atomic E-state index is 12.3. The van der Waals surface area contributed by atoms with Crippen molar-refractivity contribution in [2.75, 3.05) is 6.61 Å². The quantitative estimate of drug-likeness (QED) is 0.369. The van der Waals surface area contributed by atoms with Crippen LogP contribution < -0.4 is 10.2 Å². The van der Waals surface area contributed by atoms with Crippen LogP contribution in [0.3, 0.4) is 0 Å². The molecule has 3 aromatic rings. The minimum absolute atomic E-state index is 0.0980. The van der Waals surface area contributed by atoms with E-state index in [1.807, 2.05) is 24.3 Å². The van der Waals surface area contributed by atoms with E-state index < -0.39 is 5.91 Å². The van der Waals surface area contributed by atoms with Gasteiger partial charge < -0.3 is 9.84 Å². The van der Waals surface area contributed by atoms with E-state index >= 15 is 0 Å². The van der Waals surface area contributed by atoms with Crippen molar-refractivity contribution in [3.8, 4) is 23.8 Å². The standard InChI is InChI=1S/C21H15BrN2O3/c1-2-9-27-20-8-7-14(10-18(20)22)13-23-24-21(26)17-11-15-5-3-4-6-16(15)12-19(17)25/h1,3-8,10-13,25H,9H2,(H,24,26). The molecule has 0 atom stereocenters.